The summed E-state index contributed by atoms with van der Waals surface area (Å²) in [7, 11) is 1.64. The molecule has 146 valence electrons. The fourth-order valence-corrected chi connectivity index (χ4v) is 3.84. The van der Waals surface area contributed by atoms with Crippen LogP contribution in [0.4, 0.5) is 0 Å². The minimum Gasteiger partial charge on any atom is -0.338 e. The molecule has 0 aliphatic carbocycles. The van der Waals surface area contributed by atoms with Crippen LogP contribution in [-0.4, -0.2) is 38.2 Å². The Kier molecular flexibility index (Phi) is 5.00. The highest BCUT2D eigenvalue weighted by atomic mass is 16.2. The second-order valence-corrected chi connectivity index (χ2v) is 7.22. The number of para-hydroxylation sites is 1. The normalized spacial score (nSPS) is 16.4. The standard InChI is InChI=1S/C22H21N5O2/c1-25-22(29)27(19-10-3-2-4-11-19)20(24-25)18-9-6-12-26(15-18)21(28)17-8-5-7-16(13-17)14-23/h2-5,7-8,10-11,13,18H,6,9,12,15H2,1H3/t18-/m0/s1. The number of aromatic nitrogens is 3. The van der Waals surface area contributed by atoms with Crippen LogP contribution in [0.3, 0.4) is 0 Å². The number of rotatable bonds is 3. The summed E-state index contributed by atoms with van der Waals surface area (Å²) in [4.78, 5) is 27.5. The van der Waals surface area contributed by atoms with Gasteiger partial charge in [0.1, 0.15) is 5.82 Å². The van der Waals surface area contributed by atoms with Gasteiger partial charge in [0.25, 0.3) is 5.91 Å². The molecule has 0 N–H and O–H groups in total. The summed E-state index contributed by atoms with van der Waals surface area (Å²) in [6.45, 7) is 1.13. The van der Waals surface area contributed by atoms with E-state index in [1.54, 1.807) is 40.8 Å². The monoisotopic (exact) mass is 387 g/mol. The molecule has 4 rings (SSSR count). The summed E-state index contributed by atoms with van der Waals surface area (Å²) in [6.07, 6.45) is 1.68. The predicted octanol–water partition coefficient (Wildman–Crippen LogP) is 2.46. The van der Waals surface area contributed by atoms with Crippen LogP contribution >= 0.6 is 0 Å². The Morgan fingerprint density at radius 2 is 1.97 bits per heavy atom. The maximum atomic E-state index is 13.0. The number of benzene rings is 2. The molecule has 1 saturated heterocycles. The number of piperidine rings is 1. The number of hydrogen-bond donors (Lipinski definition) is 0. The van der Waals surface area contributed by atoms with E-state index in [0.717, 1.165) is 18.5 Å². The Labute approximate surface area is 168 Å². The highest BCUT2D eigenvalue weighted by Crippen LogP contribution is 2.27. The molecule has 1 aromatic heterocycles. The maximum Gasteiger partial charge on any atom is 0.350 e. The zero-order valence-electron chi connectivity index (χ0n) is 16.2. The third-order valence-electron chi connectivity index (χ3n) is 5.28. The van der Waals surface area contributed by atoms with Gasteiger partial charge < -0.3 is 4.90 Å². The van der Waals surface area contributed by atoms with E-state index < -0.39 is 0 Å². The molecule has 1 aliphatic rings. The van der Waals surface area contributed by atoms with E-state index in [2.05, 4.69) is 11.2 Å². The molecule has 0 bridgehead atoms. The van der Waals surface area contributed by atoms with Gasteiger partial charge in [0.15, 0.2) is 0 Å². The Bertz CT molecular complexity index is 1140. The fraction of sp³-hybridized carbons (Fsp3) is 0.273. The predicted molar refractivity (Wildman–Crippen MR) is 108 cm³/mol. The van der Waals surface area contributed by atoms with Crippen LogP contribution in [0.25, 0.3) is 5.69 Å². The molecular formula is C22H21N5O2. The van der Waals surface area contributed by atoms with E-state index in [9.17, 15) is 9.59 Å². The lowest BCUT2D eigenvalue weighted by atomic mass is 9.96. The van der Waals surface area contributed by atoms with Crippen LogP contribution in [0.15, 0.2) is 59.4 Å². The fourth-order valence-electron chi connectivity index (χ4n) is 3.84. The van der Waals surface area contributed by atoms with Gasteiger partial charge in [-0.25, -0.2) is 14.0 Å². The van der Waals surface area contributed by atoms with Gasteiger partial charge in [0.05, 0.1) is 17.3 Å². The average Bonchev–Trinajstić information content (AvgIpc) is 3.08. The van der Waals surface area contributed by atoms with E-state index in [1.807, 2.05) is 30.3 Å². The van der Waals surface area contributed by atoms with Gasteiger partial charge in [0.2, 0.25) is 0 Å². The summed E-state index contributed by atoms with van der Waals surface area (Å²) < 4.78 is 2.98. The molecule has 2 aromatic carbocycles. The number of hydrogen-bond acceptors (Lipinski definition) is 4. The molecule has 1 fully saturated rings. The summed E-state index contributed by atoms with van der Waals surface area (Å²) in [5, 5.41) is 13.6. The quantitative estimate of drug-likeness (QED) is 0.691. The molecule has 3 aromatic rings. The third kappa shape index (κ3) is 3.57. The van der Waals surface area contributed by atoms with Gasteiger partial charge in [-0.3, -0.25) is 4.79 Å². The third-order valence-corrected chi connectivity index (χ3v) is 5.28. The van der Waals surface area contributed by atoms with Gasteiger partial charge in [-0.2, -0.15) is 10.4 Å². The van der Waals surface area contributed by atoms with Crippen LogP contribution < -0.4 is 5.69 Å². The largest absolute Gasteiger partial charge is 0.350 e. The first-order valence-electron chi connectivity index (χ1n) is 9.59. The molecule has 1 atom stereocenters. The van der Waals surface area contributed by atoms with Crippen molar-refractivity contribution < 1.29 is 4.79 Å². The molecule has 0 spiro atoms. The SMILES string of the molecule is Cn1nc([C@H]2CCCN(C(=O)c3cccc(C#N)c3)C2)n(-c2ccccc2)c1=O. The summed E-state index contributed by atoms with van der Waals surface area (Å²) >= 11 is 0. The number of likely N-dealkylation sites (tertiary alicyclic amines) is 1. The van der Waals surface area contributed by atoms with Gasteiger partial charge in [-0.05, 0) is 43.2 Å². The topological polar surface area (TPSA) is 83.9 Å². The van der Waals surface area contributed by atoms with E-state index >= 15 is 0 Å². The smallest absolute Gasteiger partial charge is 0.338 e. The first-order chi connectivity index (χ1) is 14.1. The first-order valence-corrected chi connectivity index (χ1v) is 9.59. The molecule has 29 heavy (non-hydrogen) atoms. The van der Waals surface area contributed by atoms with Crippen LogP contribution in [0, 0.1) is 11.3 Å². The van der Waals surface area contributed by atoms with Gasteiger partial charge in [-0.1, -0.05) is 24.3 Å². The Balaban J connectivity index is 1.64. The molecule has 1 amide bonds. The molecule has 2 heterocycles. The van der Waals surface area contributed by atoms with Crippen LogP contribution in [-0.2, 0) is 7.05 Å². The Morgan fingerprint density at radius 3 is 2.72 bits per heavy atom. The van der Waals surface area contributed by atoms with Gasteiger partial charge in [0, 0.05) is 31.6 Å². The number of carbonyl (C=O) groups excluding carboxylic acids is 1. The summed E-state index contributed by atoms with van der Waals surface area (Å²) in [5.41, 5.74) is 1.54. The molecule has 1 aliphatic heterocycles. The second kappa shape index (κ2) is 7.76. The van der Waals surface area contributed by atoms with Crippen molar-refractivity contribution in [2.75, 3.05) is 13.1 Å². The Morgan fingerprint density at radius 1 is 1.17 bits per heavy atom. The van der Waals surface area contributed by atoms with Gasteiger partial charge in [-0.15, -0.1) is 0 Å². The average molecular weight is 387 g/mol. The highest BCUT2D eigenvalue weighted by molar-refractivity contribution is 5.94. The van der Waals surface area contributed by atoms with Crippen molar-refractivity contribution in [1.82, 2.24) is 19.2 Å². The minimum absolute atomic E-state index is 0.0408. The van der Waals surface area contributed by atoms with Crippen molar-refractivity contribution in [3.63, 3.8) is 0 Å². The van der Waals surface area contributed by atoms with Crippen molar-refractivity contribution >= 4 is 5.91 Å². The first kappa shape index (κ1) is 18.7. The van der Waals surface area contributed by atoms with E-state index in [1.165, 1.54) is 4.68 Å². The van der Waals surface area contributed by atoms with Crippen molar-refractivity contribution in [1.29, 1.82) is 5.26 Å². The summed E-state index contributed by atoms with van der Waals surface area (Å²) in [5.74, 6) is 0.532. The molecule has 0 radical (unpaired) electrons. The molecular weight excluding hydrogens is 366 g/mol. The van der Waals surface area contributed by atoms with Crippen molar-refractivity contribution in [2.24, 2.45) is 7.05 Å². The lowest BCUT2D eigenvalue weighted by molar-refractivity contribution is 0.0703. The van der Waals surface area contributed by atoms with Crippen LogP contribution in [0.2, 0.25) is 0 Å². The lowest BCUT2D eigenvalue weighted by Crippen LogP contribution is -2.40. The summed E-state index contributed by atoms with van der Waals surface area (Å²) in [6, 6.07) is 18.3. The molecule has 0 unspecified atom stereocenters. The number of carbonyl (C=O) groups is 1. The second-order valence-electron chi connectivity index (χ2n) is 7.22. The van der Waals surface area contributed by atoms with Gasteiger partial charge >= 0.3 is 5.69 Å². The zero-order valence-corrected chi connectivity index (χ0v) is 16.2. The number of nitrogens with zero attached hydrogens (tertiary/aromatic N) is 5. The zero-order chi connectivity index (χ0) is 20.4. The molecule has 0 saturated carbocycles. The molecule has 7 heteroatoms. The van der Waals surface area contributed by atoms with Crippen molar-refractivity contribution in [3.05, 3.63) is 82.0 Å². The van der Waals surface area contributed by atoms with Crippen LogP contribution in [0.5, 0.6) is 0 Å². The molecule has 7 nitrogen and oxygen atoms in total. The van der Waals surface area contributed by atoms with Crippen LogP contribution in [0.1, 0.15) is 40.5 Å². The van der Waals surface area contributed by atoms with Crippen molar-refractivity contribution in [2.45, 2.75) is 18.8 Å². The van der Waals surface area contributed by atoms with Crippen molar-refractivity contribution in [3.8, 4) is 11.8 Å². The van der Waals surface area contributed by atoms with E-state index in [-0.39, 0.29) is 17.5 Å². The number of amides is 1. The highest BCUT2D eigenvalue weighted by Gasteiger charge is 2.30. The minimum atomic E-state index is -0.198. The van der Waals surface area contributed by atoms with E-state index in [4.69, 9.17) is 5.26 Å². The van der Waals surface area contributed by atoms with E-state index in [0.29, 0.717) is 30.0 Å². The number of nitriles is 1. The Hall–Kier alpha value is -3.66. The lowest BCUT2D eigenvalue weighted by Gasteiger charge is -2.32. The number of aryl methyl sites for hydroxylation is 1. The maximum absolute atomic E-state index is 13.0.